The molecular weight excluding hydrogens is 408 g/mol. The first-order valence-corrected chi connectivity index (χ1v) is 9.75. The minimum absolute atomic E-state index is 0.232. The summed E-state index contributed by atoms with van der Waals surface area (Å²) in [6.07, 6.45) is 3.56. The molecule has 0 saturated carbocycles. The molecule has 4 rings (SSSR count). The molecule has 29 heavy (non-hydrogen) atoms. The lowest BCUT2D eigenvalue weighted by Crippen LogP contribution is -2.39. The highest BCUT2D eigenvalue weighted by atomic mass is 35.5. The van der Waals surface area contributed by atoms with Crippen molar-refractivity contribution in [2.75, 3.05) is 18.5 Å². The number of thiocarbonyl (C=S) groups is 1. The molecule has 0 amide bonds. The summed E-state index contributed by atoms with van der Waals surface area (Å²) in [5.41, 5.74) is 1.52. The van der Waals surface area contributed by atoms with E-state index in [4.69, 9.17) is 33.3 Å². The molecule has 3 aromatic rings. The fraction of sp³-hybridized carbons (Fsp3) is 0.0909. The van der Waals surface area contributed by atoms with Crippen molar-refractivity contribution in [3.8, 4) is 11.5 Å². The molecule has 0 spiro atoms. The van der Waals surface area contributed by atoms with Gasteiger partial charge in [-0.15, -0.1) is 0 Å². The molecule has 0 aliphatic carbocycles. The molecule has 1 aliphatic rings. The predicted octanol–water partition coefficient (Wildman–Crippen LogP) is 3.52. The van der Waals surface area contributed by atoms with Crippen molar-refractivity contribution >= 4 is 46.0 Å². The zero-order valence-electron chi connectivity index (χ0n) is 15.3. The molecule has 5 nitrogen and oxygen atoms in total. The first kappa shape index (κ1) is 19.2. The van der Waals surface area contributed by atoms with E-state index in [1.54, 1.807) is 59.4 Å². The average molecular weight is 425 g/mol. The van der Waals surface area contributed by atoms with Crippen LogP contribution in [-0.4, -0.2) is 18.2 Å². The topological polar surface area (TPSA) is 57.4 Å². The number of anilines is 1. The van der Waals surface area contributed by atoms with Crippen molar-refractivity contribution < 1.29 is 19.1 Å². The molecule has 0 fully saturated rings. The van der Waals surface area contributed by atoms with E-state index in [1.165, 1.54) is 0 Å². The Balaban J connectivity index is 1.75. The van der Waals surface area contributed by atoms with E-state index < -0.39 is 0 Å². The Hall–Kier alpha value is -3.09. The number of rotatable bonds is 4. The highest BCUT2D eigenvalue weighted by Gasteiger charge is 2.20. The summed E-state index contributed by atoms with van der Waals surface area (Å²) in [5.74, 6) is 0.948. The third-order valence-electron chi connectivity index (χ3n) is 4.31. The Morgan fingerprint density at radius 3 is 2.38 bits per heavy atom. The number of hydrogen-bond donors (Lipinski definition) is 1. The van der Waals surface area contributed by atoms with Crippen LogP contribution in [0.2, 0.25) is 5.02 Å². The van der Waals surface area contributed by atoms with Gasteiger partial charge in [0.1, 0.15) is 13.2 Å². The Kier molecular flexibility index (Phi) is 5.64. The van der Waals surface area contributed by atoms with Gasteiger partial charge >= 0.3 is 0 Å². The summed E-state index contributed by atoms with van der Waals surface area (Å²) >= 11 is 11.5. The molecule has 1 N–H and O–H groups in total. The highest BCUT2D eigenvalue weighted by molar-refractivity contribution is 7.81. The molecule has 1 aliphatic heterocycles. The Bertz CT molecular complexity index is 1070. The van der Waals surface area contributed by atoms with Crippen LogP contribution in [0.1, 0.15) is 5.56 Å². The Morgan fingerprint density at radius 1 is 0.966 bits per heavy atom. The number of aromatic nitrogens is 1. The van der Waals surface area contributed by atoms with E-state index >= 15 is 0 Å². The normalized spacial score (nSPS) is 13.4. The maximum Gasteiger partial charge on any atom is 0.238 e. The van der Waals surface area contributed by atoms with E-state index in [0.29, 0.717) is 46.0 Å². The van der Waals surface area contributed by atoms with Gasteiger partial charge in [-0.05, 0) is 47.7 Å². The zero-order chi connectivity index (χ0) is 20.2. The second kappa shape index (κ2) is 8.51. The third-order valence-corrected chi connectivity index (χ3v) is 4.86. The summed E-state index contributed by atoms with van der Waals surface area (Å²) in [6.45, 7) is 0.942. The molecule has 0 unspecified atom stereocenters. The Labute approximate surface area is 178 Å². The minimum atomic E-state index is -0.232. The Morgan fingerprint density at radius 2 is 1.66 bits per heavy atom. The van der Waals surface area contributed by atoms with E-state index in [1.807, 2.05) is 18.2 Å². The van der Waals surface area contributed by atoms with Gasteiger partial charge in [-0.2, -0.15) is 4.57 Å². The van der Waals surface area contributed by atoms with Gasteiger partial charge in [-0.3, -0.25) is 0 Å². The van der Waals surface area contributed by atoms with Crippen LogP contribution in [-0.2, 0) is 0 Å². The maximum absolute atomic E-state index is 13.4. The van der Waals surface area contributed by atoms with Crippen molar-refractivity contribution in [2.45, 2.75) is 0 Å². The molecular formula is C22H17ClN2O3S. The minimum Gasteiger partial charge on any atom is -0.867 e. The smallest absolute Gasteiger partial charge is 0.238 e. The van der Waals surface area contributed by atoms with Crippen LogP contribution >= 0.6 is 23.8 Å². The standard InChI is InChI=1S/C22H17ClN2O3S/c23-16-5-7-17(8-6-16)24-22(29)20(25-10-2-1-3-11-25)21(26)15-4-9-18-19(14-15)28-13-12-27-18/h1-11,14H,12-13H2,(H-,24,26,29). The van der Waals surface area contributed by atoms with Gasteiger partial charge in [0.05, 0.1) is 0 Å². The molecule has 2 aromatic carbocycles. The van der Waals surface area contributed by atoms with Crippen LogP contribution in [0, 0.1) is 0 Å². The monoisotopic (exact) mass is 424 g/mol. The molecule has 0 saturated heterocycles. The van der Waals surface area contributed by atoms with Gasteiger partial charge in [0.15, 0.2) is 28.9 Å². The van der Waals surface area contributed by atoms with Crippen LogP contribution in [0.15, 0.2) is 73.1 Å². The summed E-state index contributed by atoms with van der Waals surface area (Å²) in [6, 6.07) is 17.8. The number of nitrogens with zero attached hydrogens (tertiary/aromatic N) is 1. The second-order valence-corrected chi connectivity index (χ2v) is 7.12. The number of nitrogens with one attached hydrogen (secondary N) is 1. The van der Waals surface area contributed by atoms with Gasteiger partial charge < -0.3 is 19.9 Å². The molecule has 0 bridgehead atoms. The highest BCUT2D eigenvalue weighted by Crippen LogP contribution is 2.32. The summed E-state index contributed by atoms with van der Waals surface area (Å²) in [5, 5.41) is 17.2. The van der Waals surface area contributed by atoms with Crippen LogP contribution in [0.5, 0.6) is 11.5 Å². The largest absolute Gasteiger partial charge is 0.867 e. The van der Waals surface area contributed by atoms with E-state index in [9.17, 15) is 5.11 Å². The van der Waals surface area contributed by atoms with Crippen LogP contribution in [0.3, 0.4) is 0 Å². The lowest BCUT2D eigenvalue weighted by molar-refractivity contribution is -0.577. The van der Waals surface area contributed by atoms with E-state index in [0.717, 1.165) is 5.69 Å². The van der Waals surface area contributed by atoms with Crippen molar-refractivity contribution in [3.63, 3.8) is 0 Å². The van der Waals surface area contributed by atoms with Gasteiger partial charge in [0, 0.05) is 22.8 Å². The van der Waals surface area contributed by atoms with E-state index in [2.05, 4.69) is 5.32 Å². The molecule has 0 radical (unpaired) electrons. The third kappa shape index (κ3) is 4.34. The quantitative estimate of drug-likeness (QED) is 0.300. The second-order valence-electron chi connectivity index (χ2n) is 6.28. The van der Waals surface area contributed by atoms with Crippen LogP contribution < -0.4 is 24.5 Å². The number of hydrogen-bond acceptors (Lipinski definition) is 4. The summed E-state index contributed by atoms with van der Waals surface area (Å²) < 4.78 is 12.9. The molecule has 0 atom stereocenters. The van der Waals surface area contributed by atoms with E-state index in [-0.39, 0.29) is 5.76 Å². The van der Waals surface area contributed by atoms with Crippen molar-refractivity contribution in [1.82, 2.24) is 0 Å². The summed E-state index contributed by atoms with van der Waals surface area (Å²) in [4.78, 5) is 0.295. The SMILES string of the molecule is [O-]/C(=C(\C(=S)Nc1ccc(Cl)cc1)[n+]1ccccc1)c1ccc2c(c1)OCCO2. The van der Waals surface area contributed by atoms with Gasteiger partial charge in [-0.1, -0.05) is 36.0 Å². The lowest BCUT2D eigenvalue weighted by Gasteiger charge is -2.21. The number of fused-ring (bicyclic) bond motifs is 1. The number of ether oxygens (including phenoxy) is 2. The first-order chi connectivity index (χ1) is 14.1. The van der Waals surface area contributed by atoms with Gasteiger partial charge in [-0.25, -0.2) is 0 Å². The fourth-order valence-corrected chi connectivity index (χ4v) is 3.37. The average Bonchev–Trinajstić information content (AvgIpc) is 2.76. The molecule has 2 heterocycles. The van der Waals surface area contributed by atoms with Gasteiger partial charge in [0.25, 0.3) is 0 Å². The number of halogens is 1. The zero-order valence-corrected chi connectivity index (χ0v) is 16.9. The van der Waals surface area contributed by atoms with Gasteiger partial charge in [0.2, 0.25) is 5.70 Å². The summed E-state index contributed by atoms with van der Waals surface area (Å²) in [7, 11) is 0. The first-order valence-electron chi connectivity index (χ1n) is 8.97. The van der Waals surface area contributed by atoms with Crippen molar-refractivity contribution in [2.24, 2.45) is 0 Å². The van der Waals surface area contributed by atoms with Crippen molar-refractivity contribution in [1.29, 1.82) is 0 Å². The predicted molar refractivity (Wildman–Crippen MR) is 115 cm³/mol. The molecule has 146 valence electrons. The maximum atomic E-state index is 13.4. The van der Waals surface area contributed by atoms with Crippen LogP contribution in [0.4, 0.5) is 5.69 Å². The number of benzene rings is 2. The molecule has 7 heteroatoms. The van der Waals surface area contributed by atoms with Crippen molar-refractivity contribution in [3.05, 3.63) is 83.6 Å². The number of pyridine rings is 1. The fourth-order valence-electron chi connectivity index (χ4n) is 2.93. The lowest BCUT2D eigenvalue weighted by atomic mass is 10.1. The molecule has 1 aromatic heterocycles. The van der Waals surface area contributed by atoms with Crippen LogP contribution in [0.25, 0.3) is 11.5 Å².